The van der Waals surface area contributed by atoms with Gasteiger partial charge in [0.2, 0.25) is 0 Å². The van der Waals surface area contributed by atoms with E-state index in [1.165, 1.54) is 24.3 Å². The van der Waals surface area contributed by atoms with Gasteiger partial charge in [0.05, 0.1) is 11.1 Å². The van der Waals surface area contributed by atoms with Crippen molar-refractivity contribution in [3.05, 3.63) is 68.6 Å². The lowest BCUT2D eigenvalue weighted by Crippen LogP contribution is -2.17. The summed E-state index contributed by atoms with van der Waals surface area (Å²) in [4.78, 5) is 14.3. The summed E-state index contributed by atoms with van der Waals surface area (Å²) >= 11 is 0. The van der Waals surface area contributed by atoms with Gasteiger partial charge >= 0.3 is 6.18 Å². The molecule has 0 bridgehead atoms. The van der Waals surface area contributed by atoms with Gasteiger partial charge in [0.1, 0.15) is 6.07 Å². The van der Waals surface area contributed by atoms with Crippen LogP contribution in [0.15, 0.2) is 35.1 Å². The number of pyridine rings is 1. The Morgan fingerprint density at radius 2 is 1.90 bits per heavy atom. The summed E-state index contributed by atoms with van der Waals surface area (Å²) in [6.45, 7) is 1.56. The predicted octanol–water partition coefficient (Wildman–Crippen LogP) is 3.16. The van der Waals surface area contributed by atoms with Crippen LogP contribution in [-0.2, 0) is 12.6 Å². The Hall–Kier alpha value is -2.55. The first kappa shape index (κ1) is 14.9. The number of aryl methyl sites for hydroxylation is 1. The fourth-order valence-electron chi connectivity index (χ4n) is 2.07. The van der Waals surface area contributed by atoms with E-state index in [2.05, 4.69) is 4.98 Å². The van der Waals surface area contributed by atoms with Crippen molar-refractivity contribution in [2.24, 2.45) is 0 Å². The summed E-state index contributed by atoms with van der Waals surface area (Å²) in [5, 5.41) is 8.93. The molecule has 0 atom stereocenters. The number of hydrogen-bond donors (Lipinski definition) is 1. The maximum atomic E-state index is 12.9. The molecule has 6 heteroatoms. The quantitative estimate of drug-likeness (QED) is 0.924. The Kier molecular flexibility index (Phi) is 3.85. The zero-order valence-corrected chi connectivity index (χ0v) is 11.1. The molecule has 0 unspecified atom stereocenters. The Labute approximate surface area is 118 Å². The lowest BCUT2D eigenvalue weighted by atomic mass is 9.99. The predicted molar refractivity (Wildman–Crippen MR) is 70.8 cm³/mol. The van der Waals surface area contributed by atoms with E-state index < -0.39 is 17.3 Å². The van der Waals surface area contributed by atoms with Crippen LogP contribution in [-0.4, -0.2) is 4.98 Å². The Balaban J connectivity index is 2.50. The zero-order valence-electron chi connectivity index (χ0n) is 11.1. The molecule has 3 nitrogen and oxygen atoms in total. The minimum absolute atomic E-state index is 0.00300. The van der Waals surface area contributed by atoms with Crippen molar-refractivity contribution in [1.82, 2.24) is 4.98 Å². The van der Waals surface area contributed by atoms with Gasteiger partial charge in [-0.05, 0) is 24.6 Å². The monoisotopic (exact) mass is 292 g/mol. The number of nitrogens with zero attached hydrogens (tertiary/aromatic N) is 1. The van der Waals surface area contributed by atoms with Gasteiger partial charge in [-0.1, -0.05) is 18.2 Å². The van der Waals surface area contributed by atoms with Gasteiger partial charge in [-0.2, -0.15) is 18.4 Å². The third-order valence-electron chi connectivity index (χ3n) is 3.14. The second-order valence-electron chi connectivity index (χ2n) is 4.61. The molecule has 21 heavy (non-hydrogen) atoms. The Morgan fingerprint density at radius 1 is 1.24 bits per heavy atom. The fraction of sp³-hybridized carbons (Fsp3) is 0.200. The second-order valence-corrected chi connectivity index (χ2v) is 4.61. The molecule has 1 aromatic heterocycles. The van der Waals surface area contributed by atoms with Crippen molar-refractivity contribution in [2.75, 3.05) is 0 Å². The topological polar surface area (TPSA) is 56.6 Å². The minimum Gasteiger partial charge on any atom is -0.325 e. The van der Waals surface area contributed by atoms with E-state index in [4.69, 9.17) is 5.26 Å². The molecule has 0 amide bonds. The summed E-state index contributed by atoms with van der Waals surface area (Å²) < 4.78 is 38.8. The van der Waals surface area contributed by atoms with Crippen LogP contribution in [0.1, 0.15) is 27.9 Å². The smallest absolute Gasteiger partial charge is 0.325 e. The van der Waals surface area contributed by atoms with E-state index in [-0.39, 0.29) is 23.1 Å². The highest BCUT2D eigenvalue weighted by Gasteiger charge is 2.32. The van der Waals surface area contributed by atoms with Crippen molar-refractivity contribution in [2.45, 2.75) is 19.5 Å². The van der Waals surface area contributed by atoms with Gasteiger partial charge in [-0.25, -0.2) is 0 Å². The number of aromatic nitrogens is 1. The van der Waals surface area contributed by atoms with E-state index in [1.807, 2.05) is 6.07 Å². The summed E-state index contributed by atoms with van der Waals surface area (Å²) in [7, 11) is 0. The van der Waals surface area contributed by atoms with Crippen LogP contribution < -0.4 is 5.56 Å². The summed E-state index contributed by atoms with van der Waals surface area (Å²) in [5.41, 5.74) is -0.478. The van der Waals surface area contributed by atoms with E-state index in [0.29, 0.717) is 5.69 Å². The number of halogens is 3. The highest BCUT2D eigenvalue weighted by Crippen LogP contribution is 2.32. The molecule has 0 radical (unpaired) electrons. The minimum atomic E-state index is -4.48. The van der Waals surface area contributed by atoms with Gasteiger partial charge in [0, 0.05) is 17.7 Å². The van der Waals surface area contributed by atoms with Crippen molar-refractivity contribution in [1.29, 1.82) is 5.26 Å². The van der Waals surface area contributed by atoms with Crippen LogP contribution in [0.2, 0.25) is 0 Å². The number of nitriles is 1. The van der Waals surface area contributed by atoms with E-state index in [9.17, 15) is 18.0 Å². The van der Waals surface area contributed by atoms with Gasteiger partial charge in [-0.15, -0.1) is 0 Å². The van der Waals surface area contributed by atoms with Crippen LogP contribution in [0.5, 0.6) is 0 Å². The van der Waals surface area contributed by atoms with E-state index >= 15 is 0 Å². The molecule has 0 aliphatic carbocycles. The summed E-state index contributed by atoms with van der Waals surface area (Å²) in [6.07, 6.45) is -4.66. The number of hydrogen-bond acceptors (Lipinski definition) is 2. The number of H-pyrrole nitrogens is 1. The van der Waals surface area contributed by atoms with Crippen molar-refractivity contribution < 1.29 is 13.2 Å². The average Bonchev–Trinajstić information content (AvgIpc) is 2.41. The molecule has 0 saturated carbocycles. The molecule has 0 aliphatic rings. The number of alkyl halides is 3. The van der Waals surface area contributed by atoms with Crippen LogP contribution >= 0.6 is 0 Å². The van der Waals surface area contributed by atoms with Gasteiger partial charge in [0.25, 0.3) is 5.56 Å². The molecule has 1 heterocycles. The third-order valence-corrected chi connectivity index (χ3v) is 3.14. The van der Waals surface area contributed by atoms with Crippen molar-refractivity contribution >= 4 is 0 Å². The SMILES string of the molecule is Cc1[nH]c(=O)c(Cc2ccccc2C(F)(F)F)cc1C#N. The molecule has 1 aromatic carbocycles. The van der Waals surface area contributed by atoms with Gasteiger partial charge < -0.3 is 4.98 Å². The molecule has 0 spiro atoms. The molecular weight excluding hydrogens is 281 g/mol. The van der Waals surface area contributed by atoms with Crippen molar-refractivity contribution in [3.63, 3.8) is 0 Å². The molecule has 2 aromatic rings. The highest BCUT2D eigenvalue weighted by molar-refractivity contribution is 5.39. The largest absolute Gasteiger partial charge is 0.416 e. The molecule has 0 fully saturated rings. The number of nitrogens with one attached hydrogen (secondary N) is 1. The second kappa shape index (κ2) is 5.44. The highest BCUT2D eigenvalue weighted by atomic mass is 19.4. The first-order valence-corrected chi connectivity index (χ1v) is 6.11. The average molecular weight is 292 g/mol. The maximum absolute atomic E-state index is 12.9. The van der Waals surface area contributed by atoms with E-state index in [0.717, 1.165) is 6.07 Å². The molecule has 108 valence electrons. The van der Waals surface area contributed by atoms with E-state index in [1.54, 1.807) is 6.92 Å². The zero-order chi connectivity index (χ0) is 15.6. The van der Waals surface area contributed by atoms with Gasteiger partial charge in [-0.3, -0.25) is 4.79 Å². The standard InChI is InChI=1S/C15H11F3N2O/c1-9-12(8-19)7-11(14(21)20-9)6-10-4-2-3-5-13(10)15(16,17)18/h2-5,7H,6H2,1H3,(H,20,21). The molecule has 2 rings (SSSR count). The van der Waals surface area contributed by atoms with Crippen LogP contribution in [0.3, 0.4) is 0 Å². The Bertz CT molecular complexity index is 770. The van der Waals surface area contributed by atoms with Crippen LogP contribution in [0, 0.1) is 18.3 Å². The van der Waals surface area contributed by atoms with Gasteiger partial charge in [0.15, 0.2) is 0 Å². The van der Waals surface area contributed by atoms with Crippen LogP contribution in [0.4, 0.5) is 13.2 Å². The van der Waals surface area contributed by atoms with Crippen LogP contribution in [0.25, 0.3) is 0 Å². The first-order valence-electron chi connectivity index (χ1n) is 6.11. The molecule has 0 aliphatic heterocycles. The molecular formula is C15H11F3N2O. The lowest BCUT2D eigenvalue weighted by molar-refractivity contribution is -0.138. The maximum Gasteiger partial charge on any atom is 0.416 e. The Morgan fingerprint density at radius 3 is 2.52 bits per heavy atom. The van der Waals surface area contributed by atoms with Crippen molar-refractivity contribution in [3.8, 4) is 6.07 Å². The number of rotatable bonds is 2. The normalized spacial score (nSPS) is 11.2. The first-order chi connectivity index (χ1) is 9.82. The molecule has 1 N–H and O–H groups in total. The lowest BCUT2D eigenvalue weighted by Gasteiger charge is -2.12. The number of benzene rings is 1. The fourth-order valence-corrected chi connectivity index (χ4v) is 2.07. The third kappa shape index (κ3) is 3.14. The summed E-state index contributed by atoms with van der Waals surface area (Å²) in [6, 6.07) is 8.32. The summed E-state index contributed by atoms with van der Waals surface area (Å²) in [5.74, 6) is 0. The number of aromatic amines is 1. The molecule has 0 saturated heterocycles.